The minimum Gasteiger partial charge on any atom is -0.480 e. The largest absolute Gasteiger partial charge is 0.480 e. The molecule has 1 aliphatic carbocycles. The molecule has 7 nitrogen and oxygen atoms in total. The van der Waals surface area contributed by atoms with Crippen molar-refractivity contribution in [3.8, 4) is 11.5 Å². The number of rotatable bonds is 5. The van der Waals surface area contributed by atoms with Crippen molar-refractivity contribution in [3.63, 3.8) is 0 Å². The topological polar surface area (TPSA) is 93.1 Å². The highest BCUT2D eigenvalue weighted by molar-refractivity contribution is 7.89. The summed E-state index contributed by atoms with van der Waals surface area (Å²) in [4.78, 5) is 11.0. The number of carbonyl (C=O) groups is 1. The number of carboxylic acids is 1. The Kier molecular flexibility index (Phi) is 3.50. The van der Waals surface area contributed by atoms with Gasteiger partial charge < -0.3 is 14.6 Å². The van der Waals surface area contributed by atoms with E-state index in [9.17, 15) is 13.2 Å². The molecule has 8 heteroatoms. The average Bonchev–Trinajstić information content (AvgIpc) is 2.82. The van der Waals surface area contributed by atoms with E-state index in [4.69, 9.17) is 14.6 Å². The van der Waals surface area contributed by atoms with Crippen molar-refractivity contribution in [3.05, 3.63) is 18.2 Å². The second kappa shape index (κ2) is 5.19. The Morgan fingerprint density at radius 2 is 2.00 bits per heavy atom. The van der Waals surface area contributed by atoms with Gasteiger partial charge in [0.25, 0.3) is 0 Å². The monoisotopic (exact) mass is 313 g/mol. The molecule has 1 fully saturated rings. The highest BCUT2D eigenvalue weighted by Gasteiger charge is 2.36. The van der Waals surface area contributed by atoms with E-state index in [-0.39, 0.29) is 17.7 Å². The van der Waals surface area contributed by atoms with Gasteiger partial charge in [-0.15, -0.1) is 0 Å². The van der Waals surface area contributed by atoms with Gasteiger partial charge in [-0.05, 0) is 25.0 Å². The van der Waals surface area contributed by atoms with Crippen LogP contribution in [0.3, 0.4) is 0 Å². The average molecular weight is 313 g/mol. The molecule has 1 aromatic carbocycles. The van der Waals surface area contributed by atoms with Crippen molar-refractivity contribution >= 4 is 16.0 Å². The van der Waals surface area contributed by atoms with Gasteiger partial charge in [-0.2, -0.15) is 4.31 Å². The number of ether oxygens (including phenoxy) is 2. The van der Waals surface area contributed by atoms with E-state index in [1.807, 2.05) is 0 Å². The molecule has 0 radical (unpaired) electrons. The maximum Gasteiger partial charge on any atom is 0.318 e. The van der Waals surface area contributed by atoms with Crippen LogP contribution in [0, 0.1) is 0 Å². The zero-order valence-corrected chi connectivity index (χ0v) is 12.0. The molecule has 0 amide bonds. The van der Waals surface area contributed by atoms with Crippen molar-refractivity contribution in [2.45, 2.75) is 30.2 Å². The summed E-state index contributed by atoms with van der Waals surface area (Å²) in [5, 5.41) is 8.97. The summed E-state index contributed by atoms with van der Waals surface area (Å²) in [7, 11) is -3.86. The fourth-order valence-corrected chi connectivity index (χ4v) is 4.04. The van der Waals surface area contributed by atoms with Gasteiger partial charge in [0.2, 0.25) is 16.8 Å². The van der Waals surface area contributed by atoms with E-state index >= 15 is 0 Å². The maximum absolute atomic E-state index is 12.7. The molecule has 0 atom stereocenters. The number of hydrogen-bond donors (Lipinski definition) is 1. The van der Waals surface area contributed by atoms with E-state index < -0.39 is 22.5 Å². The quantitative estimate of drug-likeness (QED) is 0.873. The van der Waals surface area contributed by atoms with E-state index in [0.29, 0.717) is 24.3 Å². The van der Waals surface area contributed by atoms with Crippen LogP contribution in [0.25, 0.3) is 0 Å². The third kappa shape index (κ3) is 2.56. The number of hydrogen-bond acceptors (Lipinski definition) is 5. The van der Waals surface area contributed by atoms with Gasteiger partial charge in [0, 0.05) is 12.1 Å². The second-order valence-corrected chi connectivity index (χ2v) is 6.93. The molecule has 0 aromatic heterocycles. The Hall–Kier alpha value is -1.80. The molecule has 3 rings (SSSR count). The first-order valence-corrected chi connectivity index (χ1v) is 8.06. The summed E-state index contributed by atoms with van der Waals surface area (Å²) < 4.78 is 36.7. The van der Waals surface area contributed by atoms with Crippen molar-refractivity contribution in [1.82, 2.24) is 4.31 Å². The molecule has 0 spiro atoms. The Morgan fingerprint density at radius 3 is 2.62 bits per heavy atom. The van der Waals surface area contributed by atoms with Gasteiger partial charge in [0.15, 0.2) is 11.5 Å². The van der Waals surface area contributed by atoms with Crippen LogP contribution in [0.15, 0.2) is 23.1 Å². The lowest BCUT2D eigenvalue weighted by Crippen LogP contribution is -2.46. The smallest absolute Gasteiger partial charge is 0.318 e. The second-order valence-electron chi connectivity index (χ2n) is 5.04. The number of sulfonamides is 1. The Morgan fingerprint density at radius 1 is 1.29 bits per heavy atom. The third-order valence-electron chi connectivity index (χ3n) is 3.72. The van der Waals surface area contributed by atoms with Crippen LogP contribution in [0.4, 0.5) is 0 Å². The summed E-state index contributed by atoms with van der Waals surface area (Å²) >= 11 is 0. The molecule has 1 aromatic rings. The Balaban J connectivity index is 1.94. The summed E-state index contributed by atoms with van der Waals surface area (Å²) in [5.74, 6) is -0.312. The van der Waals surface area contributed by atoms with Crippen LogP contribution in [-0.4, -0.2) is 43.2 Å². The summed E-state index contributed by atoms with van der Waals surface area (Å²) in [6.45, 7) is -0.470. The molecule has 0 bridgehead atoms. The fraction of sp³-hybridized carbons (Fsp3) is 0.462. The zero-order valence-electron chi connectivity index (χ0n) is 11.2. The lowest BCUT2D eigenvalue weighted by Gasteiger charge is -2.35. The van der Waals surface area contributed by atoms with Crippen LogP contribution >= 0.6 is 0 Å². The number of fused-ring (bicyclic) bond motifs is 1. The van der Waals surface area contributed by atoms with Gasteiger partial charge in [-0.3, -0.25) is 4.79 Å². The van der Waals surface area contributed by atoms with Crippen LogP contribution in [0.1, 0.15) is 19.3 Å². The van der Waals surface area contributed by atoms with Gasteiger partial charge in [-0.25, -0.2) is 8.42 Å². The number of benzene rings is 1. The lowest BCUT2D eigenvalue weighted by atomic mass is 9.93. The molecular weight excluding hydrogens is 298 g/mol. The molecule has 0 saturated heterocycles. The molecule has 1 saturated carbocycles. The first kappa shape index (κ1) is 14.2. The minimum atomic E-state index is -3.86. The van der Waals surface area contributed by atoms with Crippen molar-refractivity contribution in [1.29, 1.82) is 0 Å². The molecule has 114 valence electrons. The van der Waals surface area contributed by atoms with E-state index in [2.05, 4.69) is 0 Å². The van der Waals surface area contributed by atoms with E-state index in [1.54, 1.807) is 0 Å². The highest BCUT2D eigenvalue weighted by atomic mass is 32.2. The standard InChI is InChI=1S/C13H15NO6S/c15-13(16)7-14(9-2-1-3-9)21(17,18)10-4-5-11-12(6-10)20-8-19-11/h4-6,9H,1-3,7-8H2,(H,15,16). The van der Waals surface area contributed by atoms with Gasteiger partial charge in [0.05, 0.1) is 4.90 Å². The van der Waals surface area contributed by atoms with Crippen LogP contribution in [0.5, 0.6) is 11.5 Å². The predicted molar refractivity (Wildman–Crippen MR) is 71.7 cm³/mol. The van der Waals surface area contributed by atoms with Crippen LogP contribution < -0.4 is 9.47 Å². The number of aliphatic carboxylic acids is 1. The lowest BCUT2D eigenvalue weighted by molar-refractivity contribution is -0.137. The predicted octanol–water partition coefficient (Wildman–Crippen LogP) is 1.04. The SMILES string of the molecule is O=C(O)CN(C1CCC1)S(=O)(=O)c1ccc2c(c1)OCO2. The van der Waals surface area contributed by atoms with Gasteiger partial charge >= 0.3 is 5.97 Å². The zero-order chi connectivity index (χ0) is 15.0. The Labute approximate surface area is 122 Å². The van der Waals surface area contributed by atoms with Crippen molar-refractivity contribution in [2.75, 3.05) is 13.3 Å². The summed E-state index contributed by atoms with van der Waals surface area (Å²) in [5.41, 5.74) is 0. The molecular formula is C13H15NO6S. The maximum atomic E-state index is 12.7. The first-order chi connectivity index (χ1) is 9.98. The highest BCUT2D eigenvalue weighted by Crippen LogP contribution is 2.36. The van der Waals surface area contributed by atoms with Crippen molar-refractivity contribution in [2.24, 2.45) is 0 Å². The summed E-state index contributed by atoms with van der Waals surface area (Å²) in [6, 6.07) is 4.08. The molecule has 2 aliphatic rings. The molecule has 1 N–H and O–H groups in total. The third-order valence-corrected chi connectivity index (χ3v) is 5.62. The molecule has 0 unspecified atom stereocenters. The summed E-state index contributed by atoms with van der Waals surface area (Å²) in [6.07, 6.45) is 2.30. The van der Waals surface area contributed by atoms with Gasteiger partial charge in [-0.1, -0.05) is 6.42 Å². The van der Waals surface area contributed by atoms with Crippen LogP contribution in [0.2, 0.25) is 0 Å². The van der Waals surface area contributed by atoms with E-state index in [0.717, 1.165) is 10.7 Å². The molecule has 1 aliphatic heterocycles. The Bertz CT molecular complexity index is 667. The van der Waals surface area contributed by atoms with E-state index in [1.165, 1.54) is 18.2 Å². The van der Waals surface area contributed by atoms with Crippen LogP contribution in [-0.2, 0) is 14.8 Å². The van der Waals surface area contributed by atoms with Crippen molar-refractivity contribution < 1.29 is 27.8 Å². The molecule has 1 heterocycles. The molecule has 21 heavy (non-hydrogen) atoms. The fourth-order valence-electron chi connectivity index (χ4n) is 2.39. The first-order valence-electron chi connectivity index (χ1n) is 6.62. The van der Waals surface area contributed by atoms with Gasteiger partial charge in [0.1, 0.15) is 6.54 Å². The normalized spacial score (nSPS) is 17.8. The number of carboxylic acid groups (broad SMARTS) is 1. The number of nitrogens with zero attached hydrogens (tertiary/aromatic N) is 1. The minimum absolute atomic E-state index is 0.0277.